The van der Waals surface area contributed by atoms with Gasteiger partial charge in [-0.1, -0.05) is 6.08 Å². The van der Waals surface area contributed by atoms with Crippen molar-refractivity contribution in [1.29, 1.82) is 0 Å². The molecule has 192 valence electrons. The van der Waals surface area contributed by atoms with Gasteiger partial charge in [0.1, 0.15) is 0 Å². The summed E-state index contributed by atoms with van der Waals surface area (Å²) in [6, 6.07) is 0.764. The van der Waals surface area contributed by atoms with Crippen molar-refractivity contribution in [2.75, 3.05) is 33.7 Å². The average molecular weight is 495 g/mol. The third-order valence-electron chi connectivity index (χ3n) is 8.69. The monoisotopic (exact) mass is 494 g/mol. The molecule has 34 heavy (non-hydrogen) atoms. The molecule has 9 nitrogen and oxygen atoms in total. The first-order valence-electron chi connectivity index (χ1n) is 13.0. The van der Waals surface area contributed by atoms with Gasteiger partial charge in [0.2, 0.25) is 15.9 Å². The summed E-state index contributed by atoms with van der Waals surface area (Å²) in [6.07, 6.45) is 7.71. The zero-order valence-electron chi connectivity index (χ0n) is 21.1. The predicted molar refractivity (Wildman–Crippen MR) is 132 cm³/mol. The molecule has 5 rings (SSSR count). The molecule has 3 heterocycles. The highest BCUT2D eigenvalue weighted by atomic mass is 32.2. The van der Waals surface area contributed by atoms with Gasteiger partial charge in [0.05, 0.1) is 5.25 Å². The Hall–Kier alpha value is -1.04. The van der Waals surface area contributed by atoms with Crippen LogP contribution in [0.3, 0.4) is 0 Å². The minimum atomic E-state index is -3.36. The van der Waals surface area contributed by atoms with Crippen LogP contribution < -0.4 is 15.6 Å². The second kappa shape index (κ2) is 9.12. The van der Waals surface area contributed by atoms with Gasteiger partial charge in [-0.3, -0.25) is 15.6 Å². The smallest absolute Gasteiger partial charge is 0.249 e. The lowest BCUT2D eigenvalue weighted by Gasteiger charge is -2.46. The summed E-state index contributed by atoms with van der Waals surface area (Å²) in [5, 5.41) is 3.86. The third-order valence-corrected chi connectivity index (χ3v) is 10.8. The first-order chi connectivity index (χ1) is 16.0. The molecule has 2 saturated heterocycles. The number of carbonyl (C=O) groups is 1. The van der Waals surface area contributed by atoms with Gasteiger partial charge >= 0.3 is 0 Å². The summed E-state index contributed by atoms with van der Waals surface area (Å²) < 4.78 is 29.3. The maximum atomic E-state index is 13.8. The van der Waals surface area contributed by atoms with Gasteiger partial charge in [0, 0.05) is 63.0 Å². The zero-order valence-corrected chi connectivity index (χ0v) is 21.9. The van der Waals surface area contributed by atoms with Crippen molar-refractivity contribution in [3.8, 4) is 0 Å². The Balaban J connectivity index is 1.36. The SMILES string of the molecule is CC1CC(CN2C(=O)C(CC3CNN(C)C3)=CC3CC(S(=O)(=O)NC4(C)CC4)CCC32)N(C)N1. The summed E-state index contributed by atoms with van der Waals surface area (Å²) >= 11 is 0. The number of fused-ring (bicyclic) bond motifs is 1. The van der Waals surface area contributed by atoms with Crippen molar-refractivity contribution in [3.05, 3.63) is 11.6 Å². The Morgan fingerprint density at radius 2 is 1.97 bits per heavy atom. The molecular formula is C24H42N6O3S. The number of hydrogen-bond acceptors (Lipinski definition) is 7. The number of sulfonamides is 1. The Labute approximate surface area is 204 Å². The standard InChI is InChI=1S/C24H42N6O3S/c1-16-9-20(29(4)26-16)15-30-22-6-5-21(34(32,33)27-24(2)7-8-24)12-18(22)11-19(23(30)31)10-17-13-25-28(3)14-17/h11,16-18,20-22,25-27H,5-10,12-15H2,1-4H3. The number of likely N-dealkylation sites (N-methyl/N-ethyl adjacent to an activating group) is 1. The van der Waals surface area contributed by atoms with E-state index in [2.05, 4.69) is 50.5 Å². The van der Waals surface area contributed by atoms with Crippen LogP contribution in [-0.2, 0) is 14.8 Å². The quantitative estimate of drug-likeness (QED) is 0.482. The number of nitrogens with zero attached hydrogens (tertiary/aromatic N) is 3. The van der Waals surface area contributed by atoms with Crippen LogP contribution in [0.25, 0.3) is 0 Å². The molecular weight excluding hydrogens is 452 g/mol. The number of hydrogen-bond donors (Lipinski definition) is 3. The molecule has 6 unspecified atom stereocenters. The fourth-order valence-electron chi connectivity index (χ4n) is 6.50. The van der Waals surface area contributed by atoms with E-state index in [1.807, 2.05) is 14.0 Å². The second-order valence-electron chi connectivity index (χ2n) is 11.9. The van der Waals surface area contributed by atoms with Crippen LogP contribution in [0.4, 0.5) is 0 Å². The fourth-order valence-corrected chi connectivity index (χ4v) is 8.48. The number of rotatable bonds is 7. The summed E-state index contributed by atoms with van der Waals surface area (Å²) in [5.74, 6) is 0.655. The van der Waals surface area contributed by atoms with E-state index in [0.717, 1.165) is 50.8 Å². The minimum Gasteiger partial charge on any atom is -0.334 e. The fraction of sp³-hybridized carbons (Fsp3) is 0.875. The van der Waals surface area contributed by atoms with E-state index in [-0.39, 0.29) is 34.7 Å². The molecule has 2 aliphatic carbocycles. The van der Waals surface area contributed by atoms with E-state index in [1.54, 1.807) is 0 Å². The van der Waals surface area contributed by atoms with Crippen LogP contribution in [0, 0.1) is 11.8 Å². The normalized spacial score (nSPS) is 38.8. The van der Waals surface area contributed by atoms with Gasteiger partial charge < -0.3 is 4.90 Å². The average Bonchev–Trinajstić information content (AvgIpc) is 3.17. The lowest BCUT2D eigenvalue weighted by Crippen LogP contribution is -2.56. The van der Waals surface area contributed by atoms with E-state index in [4.69, 9.17) is 0 Å². The lowest BCUT2D eigenvalue weighted by molar-refractivity contribution is -0.133. The van der Waals surface area contributed by atoms with Gasteiger partial charge in [-0.25, -0.2) is 23.2 Å². The highest BCUT2D eigenvalue weighted by Crippen LogP contribution is 2.41. The van der Waals surface area contributed by atoms with Gasteiger partial charge in [-0.15, -0.1) is 0 Å². The molecule has 6 atom stereocenters. The topological polar surface area (TPSA) is 97.0 Å². The van der Waals surface area contributed by atoms with E-state index in [9.17, 15) is 13.2 Å². The molecule has 3 aliphatic heterocycles. The van der Waals surface area contributed by atoms with Crippen molar-refractivity contribution >= 4 is 15.9 Å². The van der Waals surface area contributed by atoms with Gasteiger partial charge in [0.25, 0.3) is 0 Å². The van der Waals surface area contributed by atoms with Crippen LogP contribution in [-0.4, -0.2) is 91.9 Å². The van der Waals surface area contributed by atoms with Gasteiger partial charge in [-0.2, -0.15) is 0 Å². The Bertz CT molecular complexity index is 935. The maximum Gasteiger partial charge on any atom is 0.249 e. The number of amides is 1. The summed E-state index contributed by atoms with van der Waals surface area (Å²) in [7, 11) is 0.732. The van der Waals surface area contributed by atoms with Crippen LogP contribution in [0.2, 0.25) is 0 Å². The molecule has 0 radical (unpaired) electrons. The van der Waals surface area contributed by atoms with E-state index in [1.165, 1.54) is 0 Å². The molecule has 10 heteroatoms. The van der Waals surface area contributed by atoms with E-state index >= 15 is 0 Å². The molecule has 2 saturated carbocycles. The molecule has 3 N–H and O–H groups in total. The molecule has 0 aromatic heterocycles. The van der Waals surface area contributed by atoms with Crippen molar-refractivity contribution in [3.63, 3.8) is 0 Å². The Kier molecular flexibility index (Phi) is 6.61. The Morgan fingerprint density at radius 3 is 2.59 bits per heavy atom. The van der Waals surface area contributed by atoms with Crippen LogP contribution in [0.15, 0.2) is 11.6 Å². The maximum absolute atomic E-state index is 13.8. The van der Waals surface area contributed by atoms with Gasteiger partial charge in [-0.05, 0) is 70.6 Å². The minimum absolute atomic E-state index is 0.0906. The second-order valence-corrected chi connectivity index (χ2v) is 13.8. The van der Waals surface area contributed by atoms with Crippen LogP contribution in [0.1, 0.15) is 58.8 Å². The van der Waals surface area contributed by atoms with Crippen LogP contribution >= 0.6 is 0 Å². The lowest BCUT2D eigenvalue weighted by atomic mass is 9.78. The van der Waals surface area contributed by atoms with Gasteiger partial charge in [0.15, 0.2) is 0 Å². The molecule has 0 aromatic rings. The summed E-state index contributed by atoms with van der Waals surface area (Å²) in [4.78, 5) is 15.9. The molecule has 0 spiro atoms. The Morgan fingerprint density at radius 1 is 1.21 bits per heavy atom. The van der Waals surface area contributed by atoms with Crippen molar-refractivity contribution in [1.82, 2.24) is 30.5 Å². The molecule has 0 aromatic carbocycles. The first kappa shape index (κ1) is 24.6. The number of hydrazine groups is 2. The van der Waals surface area contributed by atoms with E-state index in [0.29, 0.717) is 31.3 Å². The van der Waals surface area contributed by atoms with E-state index < -0.39 is 10.0 Å². The largest absolute Gasteiger partial charge is 0.334 e. The van der Waals surface area contributed by atoms with Crippen molar-refractivity contribution in [2.45, 2.75) is 87.7 Å². The van der Waals surface area contributed by atoms with Crippen molar-refractivity contribution in [2.24, 2.45) is 11.8 Å². The molecule has 1 amide bonds. The summed E-state index contributed by atoms with van der Waals surface area (Å²) in [6.45, 7) is 6.67. The number of carbonyl (C=O) groups excluding carboxylic acids is 1. The number of nitrogens with one attached hydrogen (secondary N) is 3. The van der Waals surface area contributed by atoms with Crippen molar-refractivity contribution < 1.29 is 13.2 Å². The zero-order chi connectivity index (χ0) is 24.3. The summed E-state index contributed by atoms with van der Waals surface area (Å²) in [5.41, 5.74) is 7.43. The first-order valence-corrected chi connectivity index (χ1v) is 14.6. The molecule has 0 bridgehead atoms. The third kappa shape index (κ3) is 5.08. The molecule has 4 fully saturated rings. The highest BCUT2D eigenvalue weighted by molar-refractivity contribution is 7.90. The highest BCUT2D eigenvalue weighted by Gasteiger charge is 2.48. The van der Waals surface area contributed by atoms with Crippen LogP contribution in [0.5, 0.6) is 0 Å². The molecule has 5 aliphatic rings. The predicted octanol–water partition coefficient (Wildman–Crippen LogP) is 0.818.